The molecule has 0 bridgehead atoms. The van der Waals surface area contributed by atoms with Crippen LogP contribution in [0.2, 0.25) is 15.1 Å². The van der Waals surface area contributed by atoms with Gasteiger partial charge in [-0.3, -0.25) is 10.1 Å². The molecule has 0 atom stereocenters. The number of nitrogens with one attached hydrogen (secondary N) is 1. The van der Waals surface area contributed by atoms with Gasteiger partial charge in [-0.15, -0.1) is 0 Å². The number of nitrogens with zero attached hydrogens (tertiary/aromatic N) is 1. The monoisotopic (exact) mass is 330 g/mol. The zero-order chi connectivity index (χ0) is 14.7. The number of benzene rings is 2. The van der Waals surface area contributed by atoms with Crippen LogP contribution in [0, 0.1) is 10.1 Å². The number of rotatable bonds is 4. The van der Waals surface area contributed by atoms with Gasteiger partial charge in [0.25, 0.3) is 5.69 Å². The van der Waals surface area contributed by atoms with Crippen LogP contribution in [0.1, 0.15) is 5.56 Å². The molecule has 0 aromatic heterocycles. The number of hydrogen-bond acceptors (Lipinski definition) is 3. The Morgan fingerprint density at radius 2 is 1.70 bits per heavy atom. The number of hydrogen-bond donors (Lipinski definition) is 1. The molecule has 0 aliphatic carbocycles. The molecule has 0 spiro atoms. The summed E-state index contributed by atoms with van der Waals surface area (Å²) < 4.78 is 0. The van der Waals surface area contributed by atoms with Gasteiger partial charge in [0.1, 0.15) is 5.69 Å². The molecule has 7 heteroatoms. The van der Waals surface area contributed by atoms with Crippen molar-refractivity contribution in [1.29, 1.82) is 0 Å². The molecule has 0 aliphatic rings. The fourth-order valence-corrected chi connectivity index (χ4v) is 2.30. The topological polar surface area (TPSA) is 55.2 Å². The Kier molecular flexibility index (Phi) is 4.70. The summed E-state index contributed by atoms with van der Waals surface area (Å²) >= 11 is 17.6. The second-order valence-electron chi connectivity index (χ2n) is 4.01. The van der Waals surface area contributed by atoms with Gasteiger partial charge >= 0.3 is 0 Å². The molecule has 2 aromatic rings. The Hall–Kier alpha value is -1.49. The highest BCUT2D eigenvalue weighted by Crippen LogP contribution is 2.29. The first-order valence-electron chi connectivity index (χ1n) is 5.59. The minimum absolute atomic E-state index is 0.0809. The molecule has 0 saturated carbocycles. The predicted octanol–water partition coefficient (Wildman–Crippen LogP) is 5.17. The first kappa shape index (κ1) is 14.9. The molecule has 0 saturated heterocycles. The van der Waals surface area contributed by atoms with Crippen molar-refractivity contribution in [2.75, 3.05) is 5.32 Å². The van der Waals surface area contributed by atoms with Gasteiger partial charge in [0, 0.05) is 27.7 Å². The van der Waals surface area contributed by atoms with Gasteiger partial charge in [-0.2, -0.15) is 0 Å². The van der Waals surface area contributed by atoms with Gasteiger partial charge in [0.2, 0.25) is 0 Å². The Balaban J connectivity index is 2.20. The van der Waals surface area contributed by atoms with Crippen LogP contribution in [-0.4, -0.2) is 4.92 Å². The lowest BCUT2D eigenvalue weighted by atomic mass is 10.2. The molecule has 0 heterocycles. The number of anilines is 1. The molecule has 2 aromatic carbocycles. The van der Waals surface area contributed by atoms with Crippen molar-refractivity contribution >= 4 is 46.2 Å². The summed E-state index contributed by atoms with van der Waals surface area (Å²) in [6, 6.07) is 9.54. The third kappa shape index (κ3) is 3.54. The summed E-state index contributed by atoms with van der Waals surface area (Å²) in [6.07, 6.45) is 0. The van der Waals surface area contributed by atoms with E-state index in [9.17, 15) is 10.1 Å². The average molecular weight is 332 g/mol. The van der Waals surface area contributed by atoms with Crippen LogP contribution in [0.25, 0.3) is 0 Å². The largest absolute Gasteiger partial charge is 0.375 e. The SMILES string of the molecule is O=[N+]([O-])c1cc(Cl)ccc1NCc1ccc(Cl)cc1Cl. The summed E-state index contributed by atoms with van der Waals surface area (Å²) in [7, 11) is 0. The minimum Gasteiger partial charge on any atom is -0.375 e. The van der Waals surface area contributed by atoms with Crippen LogP contribution in [0.3, 0.4) is 0 Å². The molecule has 0 radical (unpaired) electrons. The highest BCUT2D eigenvalue weighted by molar-refractivity contribution is 6.35. The molecular weight excluding hydrogens is 323 g/mol. The van der Waals surface area contributed by atoms with Crippen molar-refractivity contribution in [3.8, 4) is 0 Å². The van der Waals surface area contributed by atoms with Gasteiger partial charge in [-0.05, 0) is 29.8 Å². The smallest absolute Gasteiger partial charge is 0.293 e. The van der Waals surface area contributed by atoms with Gasteiger partial charge < -0.3 is 5.32 Å². The Labute approximate surface area is 130 Å². The van der Waals surface area contributed by atoms with Crippen molar-refractivity contribution in [1.82, 2.24) is 0 Å². The molecule has 20 heavy (non-hydrogen) atoms. The lowest BCUT2D eigenvalue weighted by Crippen LogP contribution is -2.03. The van der Waals surface area contributed by atoms with Gasteiger partial charge in [-0.25, -0.2) is 0 Å². The second-order valence-corrected chi connectivity index (χ2v) is 5.29. The Morgan fingerprint density at radius 3 is 2.35 bits per heavy atom. The van der Waals surface area contributed by atoms with Crippen molar-refractivity contribution in [2.45, 2.75) is 6.54 Å². The van der Waals surface area contributed by atoms with E-state index in [1.54, 1.807) is 30.3 Å². The van der Waals surface area contributed by atoms with E-state index in [1.165, 1.54) is 6.07 Å². The standard InChI is InChI=1S/C13H9Cl3N2O2/c14-9-2-1-8(11(16)5-9)7-17-12-4-3-10(15)6-13(12)18(19)20/h1-6,17H,7H2. The normalized spacial score (nSPS) is 10.3. The van der Waals surface area contributed by atoms with E-state index in [-0.39, 0.29) is 5.69 Å². The molecule has 0 amide bonds. The number of nitro benzene ring substituents is 1. The summed E-state index contributed by atoms with van der Waals surface area (Å²) in [4.78, 5) is 10.5. The fraction of sp³-hybridized carbons (Fsp3) is 0.0769. The Bertz CT molecular complexity index is 662. The third-order valence-corrected chi connectivity index (χ3v) is 3.46. The minimum atomic E-state index is -0.488. The highest BCUT2D eigenvalue weighted by Gasteiger charge is 2.14. The highest BCUT2D eigenvalue weighted by atomic mass is 35.5. The van der Waals surface area contributed by atoms with E-state index in [1.807, 2.05) is 0 Å². The van der Waals surface area contributed by atoms with Crippen LogP contribution in [0.5, 0.6) is 0 Å². The Morgan fingerprint density at radius 1 is 1.05 bits per heavy atom. The third-order valence-electron chi connectivity index (χ3n) is 2.64. The van der Waals surface area contributed by atoms with E-state index in [0.717, 1.165) is 5.56 Å². The van der Waals surface area contributed by atoms with Crippen LogP contribution < -0.4 is 5.32 Å². The van der Waals surface area contributed by atoms with Gasteiger partial charge in [0.15, 0.2) is 0 Å². The van der Waals surface area contributed by atoms with Gasteiger partial charge in [-0.1, -0.05) is 40.9 Å². The first-order chi connectivity index (χ1) is 9.47. The summed E-state index contributed by atoms with van der Waals surface area (Å²) in [5, 5.41) is 15.3. The van der Waals surface area contributed by atoms with Crippen LogP contribution in [0.15, 0.2) is 36.4 Å². The zero-order valence-electron chi connectivity index (χ0n) is 10.1. The lowest BCUT2D eigenvalue weighted by molar-refractivity contribution is -0.383. The molecule has 1 N–H and O–H groups in total. The predicted molar refractivity (Wildman–Crippen MR) is 81.9 cm³/mol. The van der Waals surface area contributed by atoms with Crippen molar-refractivity contribution in [3.05, 3.63) is 67.1 Å². The summed E-state index contributed by atoms with van der Waals surface area (Å²) in [5.74, 6) is 0. The molecule has 4 nitrogen and oxygen atoms in total. The van der Waals surface area contributed by atoms with Crippen molar-refractivity contribution in [2.24, 2.45) is 0 Å². The molecular formula is C13H9Cl3N2O2. The summed E-state index contributed by atoms with van der Waals surface area (Å²) in [6.45, 7) is 0.346. The first-order valence-corrected chi connectivity index (χ1v) is 6.72. The number of nitro groups is 1. The van der Waals surface area contributed by atoms with E-state index in [4.69, 9.17) is 34.8 Å². The van der Waals surface area contributed by atoms with E-state index in [0.29, 0.717) is 27.3 Å². The number of halogens is 3. The van der Waals surface area contributed by atoms with Gasteiger partial charge in [0.05, 0.1) is 4.92 Å². The van der Waals surface area contributed by atoms with Crippen molar-refractivity contribution < 1.29 is 4.92 Å². The second kappa shape index (κ2) is 6.31. The molecule has 2 rings (SSSR count). The van der Waals surface area contributed by atoms with E-state index >= 15 is 0 Å². The maximum absolute atomic E-state index is 11.0. The maximum atomic E-state index is 11.0. The zero-order valence-corrected chi connectivity index (χ0v) is 12.3. The van der Waals surface area contributed by atoms with Crippen LogP contribution >= 0.6 is 34.8 Å². The summed E-state index contributed by atoms with van der Waals surface area (Å²) in [5.41, 5.74) is 1.09. The molecule has 0 fully saturated rings. The van der Waals surface area contributed by atoms with E-state index < -0.39 is 4.92 Å². The quantitative estimate of drug-likeness (QED) is 0.621. The molecule has 104 valence electrons. The van der Waals surface area contributed by atoms with Crippen LogP contribution in [0.4, 0.5) is 11.4 Å². The molecule has 0 aliphatic heterocycles. The fourth-order valence-electron chi connectivity index (χ4n) is 1.66. The molecule has 0 unspecified atom stereocenters. The van der Waals surface area contributed by atoms with Crippen LogP contribution in [-0.2, 0) is 6.54 Å². The average Bonchev–Trinajstić information content (AvgIpc) is 2.38. The van der Waals surface area contributed by atoms with E-state index in [2.05, 4.69) is 5.32 Å². The van der Waals surface area contributed by atoms with Crippen molar-refractivity contribution in [3.63, 3.8) is 0 Å². The lowest BCUT2D eigenvalue weighted by Gasteiger charge is -2.09. The maximum Gasteiger partial charge on any atom is 0.293 e.